The van der Waals surface area contributed by atoms with Gasteiger partial charge in [0.1, 0.15) is 23.1 Å². The highest BCUT2D eigenvalue weighted by Gasteiger charge is 2.40. The van der Waals surface area contributed by atoms with E-state index in [0.717, 1.165) is 38.1 Å². The highest BCUT2D eigenvalue weighted by molar-refractivity contribution is 5.93. The van der Waals surface area contributed by atoms with Gasteiger partial charge in [-0.25, -0.2) is 13.8 Å². The quantitative estimate of drug-likeness (QED) is 0.416. The van der Waals surface area contributed by atoms with Gasteiger partial charge in [0, 0.05) is 42.4 Å². The average Bonchev–Trinajstić information content (AvgIpc) is 3.15. The molecule has 5 rings (SSSR count). The van der Waals surface area contributed by atoms with Crippen molar-refractivity contribution < 1.29 is 23.8 Å². The Bertz CT molecular complexity index is 1400. The molecule has 0 spiro atoms. The maximum absolute atomic E-state index is 14.1. The number of phenolic OH excluding ortho intramolecular Hbond substituents is 1. The van der Waals surface area contributed by atoms with E-state index in [9.17, 15) is 23.8 Å². The summed E-state index contributed by atoms with van der Waals surface area (Å²) >= 11 is 0. The molecule has 1 saturated carbocycles. The van der Waals surface area contributed by atoms with Crippen molar-refractivity contribution in [2.75, 3.05) is 26.2 Å². The zero-order valence-electron chi connectivity index (χ0n) is 21.7. The topological polar surface area (TPSA) is 85.7 Å². The molecule has 39 heavy (non-hydrogen) atoms. The third-order valence-electron chi connectivity index (χ3n) is 7.67. The van der Waals surface area contributed by atoms with Crippen molar-refractivity contribution in [3.05, 3.63) is 94.3 Å². The number of aromatic nitrogens is 1. The van der Waals surface area contributed by atoms with E-state index in [0.29, 0.717) is 35.2 Å². The predicted octanol–water partition coefficient (Wildman–Crippen LogP) is 4.20. The minimum atomic E-state index is -0.939. The lowest BCUT2D eigenvalue weighted by Gasteiger charge is -2.35. The summed E-state index contributed by atoms with van der Waals surface area (Å²) in [5.74, 6) is 6.20. The van der Waals surface area contributed by atoms with Gasteiger partial charge < -0.3 is 20.4 Å². The second-order valence-corrected chi connectivity index (χ2v) is 10.4. The number of piperidine rings is 1. The number of aliphatic hydroxyl groups is 1. The Labute approximate surface area is 226 Å². The first-order valence-corrected chi connectivity index (χ1v) is 13.2. The number of benzene rings is 2. The second kappa shape index (κ2) is 11.5. The van der Waals surface area contributed by atoms with Crippen molar-refractivity contribution in [2.45, 2.75) is 25.8 Å². The Hall–Kier alpha value is -3.80. The molecule has 1 amide bonds. The van der Waals surface area contributed by atoms with Crippen LogP contribution in [0.4, 0.5) is 8.78 Å². The predicted molar refractivity (Wildman–Crippen MR) is 143 cm³/mol. The number of rotatable bonds is 6. The third kappa shape index (κ3) is 6.11. The summed E-state index contributed by atoms with van der Waals surface area (Å²) in [5, 5.41) is 22.6. The number of nitrogens with one attached hydrogen (secondary N) is 1. The van der Waals surface area contributed by atoms with Crippen LogP contribution < -0.4 is 5.32 Å². The molecule has 8 heteroatoms. The molecule has 2 aromatic carbocycles. The Morgan fingerprint density at radius 2 is 1.77 bits per heavy atom. The number of nitrogens with zero attached hydrogens (tertiary/aromatic N) is 2. The summed E-state index contributed by atoms with van der Waals surface area (Å²) in [5.41, 5.74) is 2.06. The number of halogens is 2. The minimum absolute atomic E-state index is 0.142. The van der Waals surface area contributed by atoms with Crippen molar-refractivity contribution in [1.29, 1.82) is 0 Å². The number of aryl methyl sites for hydroxylation is 1. The van der Waals surface area contributed by atoms with Crippen LogP contribution in [0.15, 0.2) is 54.6 Å². The maximum atomic E-state index is 14.1. The number of hydrogen-bond donors (Lipinski definition) is 3. The van der Waals surface area contributed by atoms with Crippen molar-refractivity contribution >= 4 is 5.91 Å². The zero-order chi connectivity index (χ0) is 27.5. The first-order chi connectivity index (χ1) is 18.8. The van der Waals surface area contributed by atoms with Crippen molar-refractivity contribution in [3.8, 4) is 17.6 Å². The number of hydrogen-bond acceptors (Lipinski definition) is 5. The standard InChI is InChI=1S/C31H31F2N3O3/c1-19-14-20(2-10-26-22-3-4-23(26)18-36(17-22)12-13-37)15-28(34-19)31(39)35-30(21-5-7-24(32)8-6-21)27-16-25(33)9-11-29(27)38/h5-9,11,14-16,22-23,26,30,37-38H,3-4,12-13,17-18H2,1H3,(H,35,39)/t22-,23+,26?,30?. The van der Waals surface area contributed by atoms with E-state index in [1.54, 1.807) is 13.0 Å². The lowest BCUT2D eigenvalue weighted by atomic mass is 9.85. The number of phenols is 1. The lowest BCUT2D eigenvalue weighted by molar-refractivity contribution is 0.0937. The van der Waals surface area contributed by atoms with Gasteiger partial charge in [0.05, 0.1) is 12.6 Å². The van der Waals surface area contributed by atoms with Gasteiger partial charge in [-0.05, 0) is 79.6 Å². The number of likely N-dealkylation sites (tertiary alicyclic amines) is 1. The molecule has 1 aliphatic heterocycles. The molecular formula is C31H31F2N3O3. The molecule has 202 valence electrons. The van der Waals surface area contributed by atoms with E-state index in [4.69, 9.17) is 0 Å². The van der Waals surface area contributed by atoms with E-state index >= 15 is 0 Å². The number of aromatic hydroxyl groups is 1. The number of amides is 1. The van der Waals surface area contributed by atoms with Crippen molar-refractivity contribution in [2.24, 2.45) is 17.8 Å². The summed E-state index contributed by atoms with van der Waals surface area (Å²) in [4.78, 5) is 20.1. The number of β-amino-alcohol motifs (C(OH)–C–C–N with tert-alkyl or cyclic N) is 1. The van der Waals surface area contributed by atoms with Crippen molar-refractivity contribution in [1.82, 2.24) is 15.2 Å². The van der Waals surface area contributed by atoms with Gasteiger partial charge in [0.15, 0.2) is 0 Å². The molecule has 1 aliphatic carbocycles. The van der Waals surface area contributed by atoms with Gasteiger partial charge in [-0.1, -0.05) is 24.0 Å². The molecule has 0 radical (unpaired) electrons. The van der Waals surface area contributed by atoms with Gasteiger partial charge in [-0.2, -0.15) is 0 Å². The van der Waals surface area contributed by atoms with Crippen LogP contribution >= 0.6 is 0 Å². The van der Waals surface area contributed by atoms with Gasteiger partial charge >= 0.3 is 0 Å². The van der Waals surface area contributed by atoms with E-state index in [1.165, 1.54) is 30.3 Å². The van der Waals surface area contributed by atoms with E-state index in [2.05, 4.69) is 27.0 Å². The molecule has 6 nitrogen and oxygen atoms in total. The largest absolute Gasteiger partial charge is 0.508 e. The van der Waals surface area contributed by atoms with Crippen molar-refractivity contribution in [3.63, 3.8) is 0 Å². The molecule has 1 saturated heterocycles. The van der Waals surface area contributed by atoms with Gasteiger partial charge in [0.2, 0.25) is 0 Å². The van der Waals surface area contributed by atoms with Crippen LogP contribution in [0.2, 0.25) is 0 Å². The number of pyridine rings is 1. The second-order valence-electron chi connectivity index (χ2n) is 10.4. The summed E-state index contributed by atoms with van der Waals surface area (Å²) in [6.07, 6.45) is 2.26. The fourth-order valence-corrected chi connectivity index (χ4v) is 5.86. The molecule has 1 aromatic heterocycles. The Morgan fingerprint density at radius 3 is 2.46 bits per heavy atom. The summed E-state index contributed by atoms with van der Waals surface area (Å²) in [7, 11) is 0. The van der Waals surface area contributed by atoms with Crippen LogP contribution in [-0.2, 0) is 0 Å². The van der Waals surface area contributed by atoms with E-state index in [-0.39, 0.29) is 29.5 Å². The van der Waals surface area contributed by atoms with Crippen LogP contribution in [-0.4, -0.2) is 52.2 Å². The monoisotopic (exact) mass is 531 g/mol. The fourth-order valence-electron chi connectivity index (χ4n) is 5.86. The maximum Gasteiger partial charge on any atom is 0.270 e. The Balaban J connectivity index is 1.39. The molecule has 3 N–H and O–H groups in total. The fraction of sp³-hybridized carbons (Fsp3) is 0.355. The van der Waals surface area contributed by atoms with Gasteiger partial charge in [-0.15, -0.1) is 0 Å². The van der Waals surface area contributed by atoms with Crippen LogP contribution in [0.5, 0.6) is 5.75 Å². The lowest BCUT2D eigenvalue weighted by Crippen LogP contribution is -2.42. The van der Waals surface area contributed by atoms with Gasteiger partial charge in [0.25, 0.3) is 5.91 Å². The summed E-state index contributed by atoms with van der Waals surface area (Å²) in [6, 6.07) is 11.4. The zero-order valence-corrected chi connectivity index (χ0v) is 21.7. The highest BCUT2D eigenvalue weighted by atomic mass is 19.1. The Morgan fingerprint density at radius 1 is 1.08 bits per heavy atom. The van der Waals surface area contributed by atoms with Crippen LogP contribution in [0.1, 0.15) is 51.8 Å². The molecule has 2 fully saturated rings. The smallest absolute Gasteiger partial charge is 0.270 e. The number of fused-ring (bicyclic) bond motifs is 2. The van der Waals surface area contributed by atoms with Crippen LogP contribution in [0, 0.1) is 48.2 Å². The summed E-state index contributed by atoms with van der Waals surface area (Å²) < 4.78 is 27.7. The number of aliphatic hydroxyl groups excluding tert-OH is 1. The van der Waals surface area contributed by atoms with E-state index < -0.39 is 23.6 Å². The van der Waals surface area contributed by atoms with Crippen LogP contribution in [0.25, 0.3) is 0 Å². The summed E-state index contributed by atoms with van der Waals surface area (Å²) in [6.45, 7) is 4.53. The molecule has 2 heterocycles. The first-order valence-electron chi connectivity index (χ1n) is 13.2. The molecule has 2 bridgehead atoms. The molecular weight excluding hydrogens is 500 g/mol. The number of carbonyl (C=O) groups is 1. The average molecular weight is 532 g/mol. The normalized spacial score (nSPS) is 21.2. The highest BCUT2D eigenvalue weighted by Crippen LogP contribution is 2.41. The molecule has 2 unspecified atom stereocenters. The van der Waals surface area contributed by atoms with E-state index in [1.807, 2.05) is 6.07 Å². The number of carbonyl (C=O) groups excluding carboxylic acids is 1. The minimum Gasteiger partial charge on any atom is -0.508 e. The Kier molecular flexibility index (Phi) is 7.92. The SMILES string of the molecule is Cc1cc(C#CC2[C@@H]3CC[C@H]2CN(CCO)C3)cc(C(=O)NC(c2ccc(F)cc2)c2cc(F)ccc2O)n1. The molecule has 2 aliphatic rings. The molecule has 4 atom stereocenters. The molecule has 3 aromatic rings. The van der Waals surface area contributed by atoms with Crippen LogP contribution in [0.3, 0.4) is 0 Å². The van der Waals surface area contributed by atoms with Gasteiger partial charge in [-0.3, -0.25) is 4.79 Å². The third-order valence-corrected chi connectivity index (χ3v) is 7.67. The first kappa shape index (κ1) is 26.8.